The molecule has 2 N–H and O–H groups in total. The molecule has 0 radical (unpaired) electrons. The van der Waals surface area contributed by atoms with Gasteiger partial charge in [0.1, 0.15) is 0 Å². The Morgan fingerprint density at radius 2 is 1.88 bits per heavy atom. The fraction of sp³-hybridized carbons (Fsp3) is 0.909. The van der Waals surface area contributed by atoms with Crippen LogP contribution in [-0.4, -0.2) is 41.5 Å². The number of rotatable bonds is 3. The minimum Gasteiger partial charge on any atom is -0.437 e. The van der Waals surface area contributed by atoms with Crippen LogP contribution in [0.4, 0.5) is 0 Å². The van der Waals surface area contributed by atoms with E-state index in [4.69, 9.17) is 0 Å². The van der Waals surface area contributed by atoms with Gasteiger partial charge in [-0.3, -0.25) is 4.79 Å². The molecule has 1 heterocycles. The molecule has 2 rings (SSSR count). The molecule has 1 saturated heterocycles. The molecule has 0 aromatic rings. The Morgan fingerprint density at radius 3 is 2.31 bits per heavy atom. The second kappa shape index (κ2) is 4.76. The summed E-state index contributed by atoms with van der Waals surface area (Å²) in [5.41, 5.74) is -0.453. The van der Waals surface area contributed by atoms with Crippen molar-refractivity contribution in [3.8, 4) is 0 Å². The van der Waals surface area contributed by atoms with Crippen molar-refractivity contribution in [1.29, 1.82) is 0 Å². The molecule has 1 aliphatic heterocycles. The summed E-state index contributed by atoms with van der Waals surface area (Å²) in [6.07, 6.45) is 6.30. The van der Waals surface area contributed by atoms with Gasteiger partial charge in [-0.15, -0.1) is 0 Å². The lowest BCUT2D eigenvalue weighted by atomic mass is 9.70. The van der Waals surface area contributed by atoms with E-state index in [9.17, 15) is 9.82 Å². The van der Waals surface area contributed by atoms with Crippen LogP contribution in [0, 0.1) is 0 Å². The first kappa shape index (κ1) is 11.9. The van der Waals surface area contributed by atoms with Crippen LogP contribution >= 0.6 is 0 Å². The molecule has 1 amide bonds. The Labute approximate surface area is 97.5 Å². The second-order valence-electron chi connectivity index (χ2n) is 5.11. The first-order valence-corrected chi connectivity index (χ1v) is 6.39. The van der Waals surface area contributed by atoms with Crippen LogP contribution in [0.2, 0.25) is 6.82 Å². The lowest BCUT2D eigenvalue weighted by Crippen LogP contribution is -2.65. The van der Waals surface area contributed by atoms with Gasteiger partial charge in [-0.05, 0) is 45.3 Å². The van der Waals surface area contributed by atoms with Gasteiger partial charge in [-0.1, -0.05) is 0 Å². The number of amides is 1. The number of piperidine rings is 1. The average molecular weight is 224 g/mol. The summed E-state index contributed by atoms with van der Waals surface area (Å²) in [4.78, 5) is 14.4. The number of likely N-dealkylation sites (tertiary alicyclic amines) is 1. The van der Waals surface area contributed by atoms with Crippen molar-refractivity contribution in [3.05, 3.63) is 0 Å². The van der Waals surface area contributed by atoms with Crippen LogP contribution in [0.3, 0.4) is 0 Å². The van der Waals surface area contributed by atoms with E-state index in [1.165, 1.54) is 6.42 Å². The van der Waals surface area contributed by atoms with E-state index in [0.717, 1.165) is 45.2 Å². The lowest BCUT2D eigenvalue weighted by Gasteiger charge is -2.45. The summed E-state index contributed by atoms with van der Waals surface area (Å²) in [5, 5.41) is 12.5. The Kier molecular flexibility index (Phi) is 3.55. The van der Waals surface area contributed by atoms with Gasteiger partial charge in [0.2, 0.25) is 5.91 Å². The van der Waals surface area contributed by atoms with Gasteiger partial charge >= 0.3 is 7.05 Å². The van der Waals surface area contributed by atoms with E-state index < -0.39 is 12.6 Å². The highest BCUT2D eigenvalue weighted by Gasteiger charge is 2.47. The van der Waals surface area contributed by atoms with Crippen LogP contribution in [0.15, 0.2) is 0 Å². The third kappa shape index (κ3) is 2.25. The van der Waals surface area contributed by atoms with Crippen molar-refractivity contribution in [2.45, 2.75) is 50.9 Å². The van der Waals surface area contributed by atoms with Gasteiger partial charge in [0.25, 0.3) is 0 Å². The van der Waals surface area contributed by atoms with E-state index >= 15 is 0 Å². The monoisotopic (exact) mass is 224 g/mol. The zero-order valence-corrected chi connectivity index (χ0v) is 10.0. The minimum atomic E-state index is -0.603. The van der Waals surface area contributed by atoms with Crippen molar-refractivity contribution >= 4 is 13.0 Å². The largest absolute Gasteiger partial charge is 0.437 e. The number of nitrogens with one attached hydrogen (secondary N) is 1. The molecule has 2 aliphatic rings. The molecule has 90 valence electrons. The number of carbonyl (C=O) groups is 1. The first-order valence-electron chi connectivity index (χ1n) is 6.39. The van der Waals surface area contributed by atoms with E-state index in [1.807, 2.05) is 4.90 Å². The Bertz CT molecular complexity index is 261. The van der Waals surface area contributed by atoms with Gasteiger partial charge < -0.3 is 15.2 Å². The van der Waals surface area contributed by atoms with E-state index in [1.54, 1.807) is 6.82 Å². The minimum absolute atomic E-state index is 0.208. The van der Waals surface area contributed by atoms with E-state index in [0.29, 0.717) is 0 Å². The maximum Gasteiger partial charge on any atom is 0.374 e. The van der Waals surface area contributed by atoms with Crippen LogP contribution in [0.5, 0.6) is 0 Å². The van der Waals surface area contributed by atoms with Crippen molar-refractivity contribution in [1.82, 2.24) is 10.1 Å². The second-order valence-corrected chi connectivity index (χ2v) is 5.11. The fourth-order valence-electron chi connectivity index (χ4n) is 2.75. The summed E-state index contributed by atoms with van der Waals surface area (Å²) in [6.45, 7) is 3.47. The Balaban J connectivity index is 1.99. The number of hydrogen-bond donors (Lipinski definition) is 2. The van der Waals surface area contributed by atoms with E-state index in [2.05, 4.69) is 5.23 Å². The molecule has 0 aromatic heterocycles. The molecule has 0 spiro atoms. The van der Waals surface area contributed by atoms with Crippen molar-refractivity contribution in [3.63, 3.8) is 0 Å². The molecular weight excluding hydrogens is 203 g/mol. The van der Waals surface area contributed by atoms with E-state index in [-0.39, 0.29) is 5.91 Å². The maximum atomic E-state index is 12.4. The average Bonchev–Trinajstić information content (AvgIpc) is 2.23. The summed E-state index contributed by atoms with van der Waals surface area (Å²) < 4.78 is 0. The predicted octanol–water partition coefficient (Wildman–Crippen LogP) is 0.621. The molecule has 4 nitrogen and oxygen atoms in total. The zero-order chi connectivity index (χ0) is 11.6. The fourth-order valence-corrected chi connectivity index (χ4v) is 2.75. The van der Waals surface area contributed by atoms with Gasteiger partial charge in [0, 0.05) is 13.1 Å². The third-order valence-electron chi connectivity index (χ3n) is 3.74. The van der Waals surface area contributed by atoms with Crippen LogP contribution in [0.1, 0.15) is 38.5 Å². The number of carbonyl (C=O) groups excluding carboxylic acids is 1. The van der Waals surface area contributed by atoms with Crippen molar-refractivity contribution in [2.75, 3.05) is 13.1 Å². The lowest BCUT2D eigenvalue weighted by molar-refractivity contribution is -0.142. The molecule has 0 atom stereocenters. The zero-order valence-electron chi connectivity index (χ0n) is 10.0. The highest BCUT2D eigenvalue weighted by molar-refractivity contribution is 6.46. The van der Waals surface area contributed by atoms with Gasteiger partial charge in [0.05, 0.1) is 5.54 Å². The highest BCUT2D eigenvalue weighted by Crippen LogP contribution is 2.34. The maximum absolute atomic E-state index is 12.4. The molecule has 0 aromatic carbocycles. The topological polar surface area (TPSA) is 52.6 Å². The normalized spacial score (nSPS) is 23.8. The molecular formula is C11H21BN2O2. The van der Waals surface area contributed by atoms with Gasteiger partial charge in [0.15, 0.2) is 0 Å². The summed E-state index contributed by atoms with van der Waals surface area (Å²) in [7, 11) is -0.603. The molecule has 0 bridgehead atoms. The van der Waals surface area contributed by atoms with Gasteiger partial charge in [-0.25, -0.2) is 0 Å². The Morgan fingerprint density at radius 1 is 1.25 bits per heavy atom. The predicted molar refractivity (Wildman–Crippen MR) is 64.0 cm³/mol. The summed E-state index contributed by atoms with van der Waals surface area (Å²) in [5.74, 6) is 0.208. The quantitative estimate of drug-likeness (QED) is 0.691. The third-order valence-corrected chi connectivity index (χ3v) is 3.74. The molecule has 5 heteroatoms. The van der Waals surface area contributed by atoms with Crippen molar-refractivity contribution in [2.24, 2.45) is 0 Å². The standard InChI is InChI=1S/C11H21BN2O2/c1-12(16)13-11(6-5-7-11)10(15)14-8-3-2-4-9-14/h13,16H,2-9H2,1H3. The molecule has 1 aliphatic carbocycles. The smallest absolute Gasteiger partial charge is 0.374 e. The molecule has 0 unspecified atom stereocenters. The number of hydrogen-bond acceptors (Lipinski definition) is 3. The summed E-state index contributed by atoms with van der Waals surface area (Å²) in [6, 6.07) is 0. The van der Waals surface area contributed by atoms with Gasteiger partial charge in [-0.2, -0.15) is 0 Å². The number of nitrogens with zero attached hydrogens (tertiary/aromatic N) is 1. The first-order chi connectivity index (χ1) is 7.64. The SMILES string of the molecule is CB(O)NC1(C(=O)N2CCCCC2)CCC1. The van der Waals surface area contributed by atoms with Crippen LogP contribution < -0.4 is 5.23 Å². The van der Waals surface area contributed by atoms with Crippen molar-refractivity contribution < 1.29 is 9.82 Å². The molecule has 2 fully saturated rings. The van der Waals surface area contributed by atoms with Crippen LogP contribution in [-0.2, 0) is 4.79 Å². The summed E-state index contributed by atoms with van der Waals surface area (Å²) >= 11 is 0. The van der Waals surface area contributed by atoms with Crippen LogP contribution in [0.25, 0.3) is 0 Å². The molecule has 1 saturated carbocycles. The molecule has 16 heavy (non-hydrogen) atoms. The Hall–Kier alpha value is -0.545. The highest BCUT2D eigenvalue weighted by atomic mass is 16.2.